The first-order valence-electron chi connectivity index (χ1n) is 8.96. The highest BCUT2D eigenvalue weighted by molar-refractivity contribution is 6.29. The molecule has 0 aliphatic heterocycles. The average molecular weight is 441 g/mol. The van der Waals surface area contributed by atoms with Gasteiger partial charge in [-0.2, -0.15) is 5.10 Å². The van der Waals surface area contributed by atoms with Crippen molar-refractivity contribution in [2.45, 2.75) is 6.61 Å². The molecule has 0 saturated carbocycles. The summed E-state index contributed by atoms with van der Waals surface area (Å²) in [6.45, 7) is 0.0297. The van der Waals surface area contributed by atoms with Gasteiger partial charge in [0, 0.05) is 29.0 Å². The molecule has 10 heteroatoms. The molecule has 1 amide bonds. The number of ether oxygens (including phenoxy) is 2. The SMILES string of the molecule is COc1cc(/C=N/NC(=O)c2ccccc2)cc([N+](=O)[O-])c1OCc1ccc(Cl)nc1. The van der Waals surface area contributed by atoms with Gasteiger partial charge in [0.2, 0.25) is 5.75 Å². The Morgan fingerprint density at radius 2 is 2.03 bits per heavy atom. The van der Waals surface area contributed by atoms with E-state index in [9.17, 15) is 14.9 Å². The Labute approximate surface area is 182 Å². The van der Waals surface area contributed by atoms with Gasteiger partial charge in [-0.25, -0.2) is 10.4 Å². The van der Waals surface area contributed by atoms with Gasteiger partial charge in [0.05, 0.1) is 18.2 Å². The van der Waals surface area contributed by atoms with Crippen LogP contribution in [0.1, 0.15) is 21.5 Å². The van der Waals surface area contributed by atoms with Crippen molar-refractivity contribution in [1.82, 2.24) is 10.4 Å². The zero-order valence-electron chi connectivity index (χ0n) is 16.3. The molecule has 0 saturated heterocycles. The van der Waals surface area contributed by atoms with E-state index in [1.165, 1.54) is 31.7 Å². The molecule has 0 unspecified atom stereocenters. The zero-order valence-corrected chi connectivity index (χ0v) is 17.1. The molecule has 158 valence electrons. The first-order chi connectivity index (χ1) is 15.0. The van der Waals surface area contributed by atoms with E-state index in [2.05, 4.69) is 15.5 Å². The quantitative estimate of drug-likeness (QED) is 0.245. The number of methoxy groups -OCH3 is 1. The zero-order chi connectivity index (χ0) is 22.2. The minimum atomic E-state index is -0.585. The summed E-state index contributed by atoms with van der Waals surface area (Å²) < 4.78 is 10.9. The van der Waals surface area contributed by atoms with Crippen LogP contribution in [0.25, 0.3) is 0 Å². The smallest absolute Gasteiger partial charge is 0.315 e. The predicted octanol–water partition coefficient (Wildman–Crippen LogP) is 3.99. The molecule has 1 N–H and O–H groups in total. The molecule has 2 aromatic carbocycles. The summed E-state index contributed by atoms with van der Waals surface area (Å²) in [5, 5.41) is 15.8. The van der Waals surface area contributed by atoms with E-state index in [-0.39, 0.29) is 23.8 Å². The number of rotatable bonds is 8. The second kappa shape index (κ2) is 10.2. The third kappa shape index (κ3) is 5.77. The third-order valence-electron chi connectivity index (χ3n) is 4.06. The van der Waals surface area contributed by atoms with E-state index in [0.717, 1.165) is 0 Å². The molecular formula is C21H17ClN4O5. The fourth-order valence-corrected chi connectivity index (χ4v) is 2.69. The topological polar surface area (TPSA) is 116 Å². The van der Waals surface area contributed by atoms with Crippen LogP contribution in [0.5, 0.6) is 11.5 Å². The number of hydrogen-bond acceptors (Lipinski definition) is 7. The second-order valence-corrected chi connectivity index (χ2v) is 6.56. The number of benzene rings is 2. The van der Waals surface area contributed by atoms with E-state index in [1.54, 1.807) is 42.5 Å². The summed E-state index contributed by atoms with van der Waals surface area (Å²) in [5.41, 5.74) is 3.52. The first kappa shape index (κ1) is 21.7. The van der Waals surface area contributed by atoms with Crippen LogP contribution in [0.4, 0.5) is 5.69 Å². The van der Waals surface area contributed by atoms with Crippen LogP contribution in [0.3, 0.4) is 0 Å². The number of nitrogens with zero attached hydrogens (tertiary/aromatic N) is 3. The van der Waals surface area contributed by atoms with Gasteiger partial charge >= 0.3 is 5.69 Å². The number of hydrogen-bond donors (Lipinski definition) is 1. The Balaban J connectivity index is 1.79. The van der Waals surface area contributed by atoms with Gasteiger partial charge in [-0.15, -0.1) is 0 Å². The van der Waals surface area contributed by atoms with Gasteiger partial charge < -0.3 is 9.47 Å². The minimum absolute atomic E-state index is 0.0297. The molecule has 9 nitrogen and oxygen atoms in total. The predicted molar refractivity (Wildman–Crippen MR) is 115 cm³/mol. The Morgan fingerprint density at radius 3 is 2.68 bits per heavy atom. The number of pyridine rings is 1. The molecule has 3 rings (SSSR count). The van der Waals surface area contributed by atoms with Crippen molar-refractivity contribution in [1.29, 1.82) is 0 Å². The number of halogens is 1. The van der Waals surface area contributed by atoms with Crippen molar-refractivity contribution >= 4 is 29.4 Å². The number of carbonyl (C=O) groups is 1. The molecule has 31 heavy (non-hydrogen) atoms. The van der Waals surface area contributed by atoms with Gasteiger partial charge in [-0.1, -0.05) is 35.9 Å². The van der Waals surface area contributed by atoms with Crippen LogP contribution in [0.2, 0.25) is 5.15 Å². The van der Waals surface area contributed by atoms with E-state index >= 15 is 0 Å². The van der Waals surface area contributed by atoms with Crippen molar-refractivity contribution in [3.05, 3.63) is 92.8 Å². The molecule has 0 aliphatic carbocycles. The summed E-state index contributed by atoms with van der Waals surface area (Å²) >= 11 is 5.76. The molecule has 1 aromatic heterocycles. The third-order valence-corrected chi connectivity index (χ3v) is 4.29. The van der Waals surface area contributed by atoms with Crippen molar-refractivity contribution in [2.75, 3.05) is 7.11 Å². The van der Waals surface area contributed by atoms with E-state index in [4.69, 9.17) is 21.1 Å². The molecule has 0 radical (unpaired) electrons. The highest BCUT2D eigenvalue weighted by atomic mass is 35.5. The van der Waals surface area contributed by atoms with Gasteiger partial charge in [0.15, 0.2) is 5.75 Å². The number of nitro groups is 1. The number of nitrogens with one attached hydrogen (secondary N) is 1. The maximum Gasteiger partial charge on any atom is 0.315 e. The molecule has 3 aromatic rings. The summed E-state index contributed by atoms with van der Waals surface area (Å²) in [6, 6.07) is 14.6. The van der Waals surface area contributed by atoms with E-state index < -0.39 is 10.8 Å². The number of amides is 1. The lowest BCUT2D eigenvalue weighted by Gasteiger charge is -2.12. The number of carbonyl (C=O) groups excluding carboxylic acids is 1. The highest BCUT2D eigenvalue weighted by Crippen LogP contribution is 2.38. The number of hydrazone groups is 1. The summed E-state index contributed by atoms with van der Waals surface area (Å²) in [5.74, 6) is -0.297. The highest BCUT2D eigenvalue weighted by Gasteiger charge is 2.22. The molecule has 0 fully saturated rings. The van der Waals surface area contributed by atoms with Gasteiger partial charge in [0.25, 0.3) is 5.91 Å². The second-order valence-electron chi connectivity index (χ2n) is 6.17. The fourth-order valence-electron chi connectivity index (χ4n) is 2.58. The van der Waals surface area contributed by atoms with Crippen LogP contribution in [0, 0.1) is 10.1 Å². The fraction of sp³-hybridized carbons (Fsp3) is 0.0952. The maximum atomic E-state index is 12.0. The van der Waals surface area contributed by atoms with Crippen molar-refractivity contribution in [3.63, 3.8) is 0 Å². The first-order valence-corrected chi connectivity index (χ1v) is 9.34. The molecule has 1 heterocycles. The van der Waals surface area contributed by atoms with Crippen LogP contribution < -0.4 is 14.9 Å². The molecule has 0 atom stereocenters. The lowest BCUT2D eigenvalue weighted by Crippen LogP contribution is -2.17. The lowest BCUT2D eigenvalue weighted by molar-refractivity contribution is -0.386. The Hall–Kier alpha value is -3.98. The Kier molecular flexibility index (Phi) is 7.13. The molecule has 0 spiro atoms. The normalized spacial score (nSPS) is 10.6. The van der Waals surface area contributed by atoms with Gasteiger partial charge in [0.1, 0.15) is 11.8 Å². The number of nitro benzene ring substituents is 1. The molecule has 0 aliphatic rings. The summed E-state index contributed by atoms with van der Waals surface area (Å²) in [7, 11) is 1.37. The Bertz CT molecular complexity index is 1100. The van der Waals surface area contributed by atoms with Gasteiger partial charge in [-0.3, -0.25) is 14.9 Å². The molecule has 0 bridgehead atoms. The van der Waals surface area contributed by atoms with Gasteiger partial charge in [-0.05, 0) is 24.3 Å². The number of aromatic nitrogens is 1. The lowest BCUT2D eigenvalue weighted by atomic mass is 10.2. The van der Waals surface area contributed by atoms with Crippen molar-refractivity contribution < 1.29 is 19.2 Å². The Morgan fingerprint density at radius 1 is 1.26 bits per heavy atom. The van der Waals surface area contributed by atoms with Crippen LogP contribution >= 0.6 is 11.6 Å². The van der Waals surface area contributed by atoms with Crippen LogP contribution in [0.15, 0.2) is 65.9 Å². The largest absolute Gasteiger partial charge is 0.493 e. The minimum Gasteiger partial charge on any atom is -0.493 e. The van der Waals surface area contributed by atoms with Crippen molar-refractivity contribution in [3.8, 4) is 11.5 Å². The van der Waals surface area contributed by atoms with Crippen LogP contribution in [-0.4, -0.2) is 29.1 Å². The van der Waals surface area contributed by atoms with E-state index in [1.807, 2.05) is 0 Å². The van der Waals surface area contributed by atoms with Crippen LogP contribution in [-0.2, 0) is 6.61 Å². The standard InChI is InChI=1S/C21H17ClN4O5/c1-30-18-10-15(12-24-25-21(27)16-5-3-2-4-6-16)9-17(26(28)29)20(18)31-13-14-7-8-19(22)23-11-14/h2-12H,13H2,1H3,(H,25,27)/b24-12+. The van der Waals surface area contributed by atoms with E-state index in [0.29, 0.717) is 21.8 Å². The molecular weight excluding hydrogens is 424 g/mol. The monoisotopic (exact) mass is 440 g/mol. The summed E-state index contributed by atoms with van der Waals surface area (Å²) in [4.78, 5) is 27.0. The van der Waals surface area contributed by atoms with Crippen molar-refractivity contribution in [2.24, 2.45) is 5.10 Å². The summed E-state index contributed by atoms with van der Waals surface area (Å²) in [6.07, 6.45) is 2.79. The average Bonchev–Trinajstić information content (AvgIpc) is 2.79. The maximum absolute atomic E-state index is 12.0.